The van der Waals surface area contributed by atoms with Crippen LogP contribution in [-0.4, -0.2) is 16.9 Å². The van der Waals surface area contributed by atoms with Crippen molar-refractivity contribution in [2.75, 3.05) is 0 Å². The first-order valence-electron chi connectivity index (χ1n) is 6.68. The number of pyridine rings is 1. The molecule has 4 nitrogen and oxygen atoms in total. The van der Waals surface area contributed by atoms with Gasteiger partial charge in [-0.15, -0.1) is 0 Å². The summed E-state index contributed by atoms with van der Waals surface area (Å²) >= 11 is 0. The number of nitrogens with zero attached hydrogens (tertiary/aromatic N) is 1. The van der Waals surface area contributed by atoms with Gasteiger partial charge in [-0.05, 0) is 30.9 Å². The lowest BCUT2D eigenvalue weighted by atomic mass is 10.0. The number of carbonyl (C=O) groups is 1. The van der Waals surface area contributed by atoms with Gasteiger partial charge in [-0.25, -0.2) is 0 Å². The molecule has 18 heavy (non-hydrogen) atoms. The quantitative estimate of drug-likeness (QED) is 0.844. The lowest BCUT2D eigenvalue weighted by Gasteiger charge is -2.15. The van der Waals surface area contributed by atoms with Gasteiger partial charge in [-0.1, -0.05) is 19.4 Å². The lowest BCUT2D eigenvalue weighted by molar-refractivity contribution is -0.125. The maximum absolute atomic E-state index is 12.0. The summed E-state index contributed by atoms with van der Waals surface area (Å²) in [5, 5.41) is 2.96. The minimum Gasteiger partial charge on any atom is -0.350 e. The fourth-order valence-corrected chi connectivity index (χ4v) is 2.57. The third-order valence-electron chi connectivity index (χ3n) is 3.70. The molecule has 1 fully saturated rings. The molecule has 0 saturated heterocycles. The number of nitrogens with two attached hydrogens (primary N) is 1. The molecule has 2 rings (SSSR count). The second-order valence-electron chi connectivity index (χ2n) is 4.88. The Balaban J connectivity index is 1.93. The Morgan fingerprint density at radius 1 is 1.56 bits per heavy atom. The van der Waals surface area contributed by atoms with Gasteiger partial charge in [-0.2, -0.15) is 0 Å². The maximum Gasteiger partial charge on any atom is 0.224 e. The predicted molar refractivity (Wildman–Crippen MR) is 70.8 cm³/mol. The summed E-state index contributed by atoms with van der Waals surface area (Å²) < 4.78 is 0. The Hall–Kier alpha value is -1.42. The molecule has 2 unspecified atom stereocenters. The van der Waals surface area contributed by atoms with Crippen LogP contribution < -0.4 is 11.1 Å². The van der Waals surface area contributed by atoms with E-state index in [0.717, 1.165) is 31.4 Å². The molecule has 4 heteroatoms. The van der Waals surface area contributed by atoms with Gasteiger partial charge in [-0.3, -0.25) is 9.78 Å². The van der Waals surface area contributed by atoms with Crippen LogP contribution in [0.5, 0.6) is 0 Å². The standard InChI is InChI=1S/C14H21N3O/c1-2-10-5-4-8-16-13(10)9-17-14(18)11-6-3-7-12(11)15/h4-5,8,11-12H,2-3,6-7,9,15H2,1H3,(H,17,18). The number of amides is 1. The molecule has 0 spiro atoms. The molecule has 0 aromatic carbocycles. The number of nitrogens with one attached hydrogen (secondary N) is 1. The summed E-state index contributed by atoms with van der Waals surface area (Å²) in [6.45, 7) is 2.60. The van der Waals surface area contributed by atoms with E-state index in [0.29, 0.717) is 6.54 Å². The van der Waals surface area contributed by atoms with Gasteiger partial charge in [0.1, 0.15) is 0 Å². The fourth-order valence-electron chi connectivity index (χ4n) is 2.57. The van der Waals surface area contributed by atoms with Crippen molar-refractivity contribution >= 4 is 5.91 Å². The molecule has 3 N–H and O–H groups in total. The van der Waals surface area contributed by atoms with Crippen molar-refractivity contribution in [1.29, 1.82) is 0 Å². The van der Waals surface area contributed by atoms with Gasteiger partial charge >= 0.3 is 0 Å². The third-order valence-corrected chi connectivity index (χ3v) is 3.70. The topological polar surface area (TPSA) is 68.0 Å². The Morgan fingerprint density at radius 3 is 3.06 bits per heavy atom. The average Bonchev–Trinajstić information content (AvgIpc) is 2.82. The van der Waals surface area contributed by atoms with Crippen LogP contribution >= 0.6 is 0 Å². The van der Waals surface area contributed by atoms with Crippen LogP contribution in [0, 0.1) is 5.92 Å². The molecule has 1 aliphatic carbocycles. The van der Waals surface area contributed by atoms with Crippen LogP contribution in [0.1, 0.15) is 37.4 Å². The van der Waals surface area contributed by atoms with Gasteiger partial charge < -0.3 is 11.1 Å². The molecule has 1 saturated carbocycles. The summed E-state index contributed by atoms with van der Waals surface area (Å²) in [5.41, 5.74) is 8.08. The zero-order valence-corrected chi connectivity index (χ0v) is 10.9. The molecule has 0 bridgehead atoms. The smallest absolute Gasteiger partial charge is 0.224 e. The first-order valence-corrected chi connectivity index (χ1v) is 6.68. The Morgan fingerprint density at radius 2 is 2.39 bits per heavy atom. The summed E-state index contributed by atoms with van der Waals surface area (Å²) in [4.78, 5) is 16.3. The molecule has 1 aromatic heterocycles. The van der Waals surface area contributed by atoms with Crippen molar-refractivity contribution < 1.29 is 4.79 Å². The van der Waals surface area contributed by atoms with Gasteiger partial charge in [0.15, 0.2) is 0 Å². The number of aromatic nitrogens is 1. The molecule has 1 aromatic rings. The van der Waals surface area contributed by atoms with E-state index in [1.807, 2.05) is 6.07 Å². The van der Waals surface area contributed by atoms with Crippen LogP contribution in [0.25, 0.3) is 0 Å². The van der Waals surface area contributed by atoms with Crippen LogP contribution in [0.3, 0.4) is 0 Å². The molecule has 0 aliphatic heterocycles. The highest BCUT2D eigenvalue weighted by atomic mass is 16.1. The number of rotatable bonds is 4. The molecule has 1 heterocycles. The van der Waals surface area contributed by atoms with E-state index < -0.39 is 0 Å². The minimum atomic E-state index is -0.0150. The van der Waals surface area contributed by atoms with Crippen molar-refractivity contribution in [1.82, 2.24) is 10.3 Å². The highest BCUT2D eigenvalue weighted by Gasteiger charge is 2.29. The van der Waals surface area contributed by atoms with Gasteiger partial charge in [0.2, 0.25) is 5.91 Å². The second-order valence-corrected chi connectivity index (χ2v) is 4.88. The Kier molecular flexibility index (Phi) is 4.31. The van der Waals surface area contributed by atoms with E-state index >= 15 is 0 Å². The molecule has 0 radical (unpaired) electrons. The van der Waals surface area contributed by atoms with Crippen LogP contribution in [-0.2, 0) is 17.8 Å². The Bertz CT molecular complexity index is 419. The Labute approximate surface area is 108 Å². The van der Waals surface area contributed by atoms with E-state index in [4.69, 9.17) is 5.73 Å². The van der Waals surface area contributed by atoms with Gasteiger partial charge in [0.25, 0.3) is 0 Å². The summed E-state index contributed by atoms with van der Waals surface area (Å²) in [6.07, 6.45) is 5.63. The fraction of sp³-hybridized carbons (Fsp3) is 0.571. The first-order chi connectivity index (χ1) is 8.72. The lowest BCUT2D eigenvalue weighted by Crippen LogP contribution is -2.38. The zero-order chi connectivity index (χ0) is 13.0. The largest absolute Gasteiger partial charge is 0.350 e. The monoisotopic (exact) mass is 247 g/mol. The summed E-state index contributed by atoms with van der Waals surface area (Å²) in [7, 11) is 0. The van der Waals surface area contributed by atoms with Crippen molar-refractivity contribution in [2.45, 2.75) is 45.2 Å². The number of carbonyl (C=O) groups excluding carboxylic acids is 1. The third kappa shape index (κ3) is 2.88. The highest BCUT2D eigenvalue weighted by molar-refractivity contribution is 5.79. The van der Waals surface area contributed by atoms with E-state index in [1.54, 1.807) is 6.20 Å². The summed E-state index contributed by atoms with van der Waals surface area (Å²) in [6, 6.07) is 4.01. The van der Waals surface area contributed by atoms with E-state index in [1.165, 1.54) is 5.56 Å². The molecular formula is C14H21N3O. The number of aryl methyl sites for hydroxylation is 1. The molecule has 98 valence electrons. The number of hydrogen-bond donors (Lipinski definition) is 2. The highest BCUT2D eigenvalue weighted by Crippen LogP contribution is 2.24. The van der Waals surface area contributed by atoms with E-state index in [2.05, 4.69) is 23.3 Å². The molecule has 1 aliphatic rings. The molecule has 1 amide bonds. The predicted octanol–water partition coefficient (Wildman–Crippen LogP) is 1.39. The molecular weight excluding hydrogens is 226 g/mol. The van der Waals surface area contributed by atoms with Crippen LogP contribution in [0.2, 0.25) is 0 Å². The van der Waals surface area contributed by atoms with Gasteiger partial charge in [0, 0.05) is 12.2 Å². The van der Waals surface area contributed by atoms with E-state index in [9.17, 15) is 4.79 Å². The second kappa shape index (κ2) is 5.96. The van der Waals surface area contributed by atoms with Crippen molar-refractivity contribution in [3.63, 3.8) is 0 Å². The SMILES string of the molecule is CCc1cccnc1CNC(=O)C1CCCC1N. The zero-order valence-electron chi connectivity index (χ0n) is 10.9. The van der Waals surface area contributed by atoms with Crippen LogP contribution in [0.15, 0.2) is 18.3 Å². The van der Waals surface area contributed by atoms with E-state index in [-0.39, 0.29) is 17.9 Å². The van der Waals surface area contributed by atoms with Crippen molar-refractivity contribution in [3.05, 3.63) is 29.6 Å². The number of hydrogen-bond acceptors (Lipinski definition) is 3. The molecule has 2 atom stereocenters. The maximum atomic E-state index is 12.0. The average molecular weight is 247 g/mol. The first kappa shape index (κ1) is 13.0. The van der Waals surface area contributed by atoms with Crippen molar-refractivity contribution in [2.24, 2.45) is 11.7 Å². The van der Waals surface area contributed by atoms with Crippen LogP contribution in [0.4, 0.5) is 0 Å². The van der Waals surface area contributed by atoms with Crippen molar-refractivity contribution in [3.8, 4) is 0 Å². The van der Waals surface area contributed by atoms with Gasteiger partial charge in [0.05, 0.1) is 18.2 Å². The summed E-state index contributed by atoms with van der Waals surface area (Å²) in [5.74, 6) is 0.0616. The minimum absolute atomic E-state index is 0.0150. The normalized spacial score (nSPS) is 23.0.